The van der Waals surface area contributed by atoms with Gasteiger partial charge in [0.15, 0.2) is 11.5 Å². The molecule has 0 saturated carbocycles. The van der Waals surface area contributed by atoms with Gasteiger partial charge in [0.1, 0.15) is 31.6 Å². The molecule has 4 rings (SSSR count). The summed E-state index contributed by atoms with van der Waals surface area (Å²) in [5.74, 6) is -1.07. The van der Waals surface area contributed by atoms with Gasteiger partial charge in [0.2, 0.25) is 21.8 Å². The number of halogens is 1. The zero-order chi connectivity index (χ0) is 30.3. The van der Waals surface area contributed by atoms with Crippen molar-refractivity contribution in [2.24, 2.45) is 0 Å². The number of benzene rings is 3. The lowest BCUT2D eigenvalue weighted by Gasteiger charge is -2.34. The molecule has 9 nitrogen and oxygen atoms in total. The van der Waals surface area contributed by atoms with E-state index in [4.69, 9.17) is 9.47 Å². The van der Waals surface area contributed by atoms with Gasteiger partial charge in [0, 0.05) is 30.6 Å². The first-order valence-electron chi connectivity index (χ1n) is 13.9. The molecule has 0 aliphatic carbocycles. The summed E-state index contributed by atoms with van der Waals surface area (Å²) >= 11 is 0. The molecule has 1 atom stereocenters. The van der Waals surface area contributed by atoms with E-state index in [0.29, 0.717) is 24.7 Å². The molecule has 3 aromatic carbocycles. The Kier molecular flexibility index (Phi) is 10.1. The molecule has 0 fully saturated rings. The summed E-state index contributed by atoms with van der Waals surface area (Å²) in [4.78, 5) is 29.0. The van der Waals surface area contributed by atoms with Crippen LogP contribution in [0.2, 0.25) is 0 Å². The smallest absolute Gasteiger partial charge is 0.244 e. The van der Waals surface area contributed by atoms with E-state index in [-0.39, 0.29) is 36.0 Å². The standard InChI is InChI=1S/C31H36FN3O6S/c1-4-42(38,39)35(25-14-15-28-29(19-25)41-17-16-40-28)21-30(36)34(20-24-12-8-9-13-26(24)32)27(31(37)33-22(2)3)18-23-10-6-5-7-11-23/h5-15,19,22,27H,4,16-18,20-21H2,1-3H3,(H,33,37). The first-order valence-corrected chi connectivity index (χ1v) is 15.5. The van der Waals surface area contributed by atoms with Gasteiger partial charge in [0.25, 0.3) is 0 Å². The molecule has 1 N–H and O–H groups in total. The molecular weight excluding hydrogens is 561 g/mol. The lowest BCUT2D eigenvalue weighted by atomic mass is 10.0. The Morgan fingerprint density at radius 3 is 2.29 bits per heavy atom. The number of ether oxygens (including phenoxy) is 2. The van der Waals surface area contributed by atoms with Gasteiger partial charge < -0.3 is 19.7 Å². The summed E-state index contributed by atoms with van der Waals surface area (Å²) in [6, 6.07) is 18.6. The molecule has 0 bridgehead atoms. The molecule has 1 aliphatic rings. The van der Waals surface area contributed by atoms with Crippen molar-refractivity contribution in [3.05, 3.63) is 89.7 Å². The number of fused-ring (bicyclic) bond motifs is 1. The van der Waals surface area contributed by atoms with Crippen molar-refractivity contribution in [1.82, 2.24) is 10.2 Å². The maximum absolute atomic E-state index is 14.9. The third-order valence-electron chi connectivity index (χ3n) is 6.79. The maximum Gasteiger partial charge on any atom is 0.244 e. The van der Waals surface area contributed by atoms with Gasteiger partial charge in [-0.2, -0.15) is 0 Å². The molecular formula is C31H36FN3O6S. The zero-order valence-corrected chi connectivity index (χ0v) is 24.8. The number of hydrogen-bond acceptors (Lipinski definition) is 6. The lowest BCUT2D eigenvalue weighted by Crippen LogP contribution is -2.54. The van der Waals surface area contributed by atoms with Crippen LogP contribution < -0.4 is 19.1 Å². The summed E-state index contributed by atoms with van der Waals surface area (Å²) in [6.07, 6.45) is 0.143. The van der Waals surface area contributed by atoms with E-state index in [1.54, 1.807) is 32.0 Å². The van der Waals surface area contributed by atoms with Crippen molar-refractivity contribution in [3.63, 3.8) is 0 Å². The number of anilines is 1. The van der Waals surface area contributed by atoms with Gasteiger partial charge in [0.05, 0.1) is 11.4 Å². The minimum Gasteiger partial charge on any atom is -0.486 e. The molecule has 0 aromatic heterocycles. The summed E-state index contributed by atoms with van der Waals surface area (Å²) in [5, 5.41) is 2.87. The highest BCUT2D eigenvalue weighted by Crippen LogP contribution is 2.35. The van der Waals surface area contributed by atoms with Crippen molar-refractivity contribution in [3.8, 4) is 11.5 Å². The van der Waals surface area contributed by atoms with E-state index in [0.717, 1.165) is 9.87 Å². The van der Waals surface area contributed by atoms with Crippen LogP contribution in [0.25, 0.3) is 0 Å². The maximum atomic E-state index is 14.9. The summed E-state index contributed by atoms with van der Waals surface area (Å²) in [5.41, 5.74) is 1.20. The van der Waals surface area contributed by atoms with Crippen molar-refractivity contribution in [1.29, 1.82) is 0 Å². The Balaban J connectivity index is 1.76. The van der Waals surface area contributed by atoms with Gasteiger partial charge in [-0.1, -0.05) is 48.5 Å². The Morgan fingerprint density at radius 1 is 0.952 bits per heavy atom. The van der Waals surface area contributed by atoms with E-state index >= 15 is 0 Å². The van der Waals surface area contributed by atoms with Crippen molar-refractivity contribution in [2.45, 2.75) is 45.8 Å². The van der Waals surface area contributed by atoms with Gasteiger partial charge in [-0.3, -0.25) is 13.9 Å². The minimum atomic E-state index is -3.96. The monoisotopic (exact) mass is 597 g/mol. The fraction of sp³-hybridized carbons (Fsp3) is 0.355. The predicted molar refractivity (Wildman–Crippen MR) is 158 cm³/mol. The van der Waals surface area contributed by atoms with Crippen LogP contribution in [0.3, 0.4) is 0 Å². The average Bonchev–Trinajstić information content (AvgIpc) is 2.98. The van der Waals surface area contributed by atoms with E-state index in [1.807, 2.05) is 30.3 Å². The fourth-order valence-corrected chi connectivity index (χ4v) is 5.71. The number of nitrogens with one attached hydrogen (secondary N) is 1. The van der Waals surface area contributed by atoms with Crippen molar-refractivity contribution in [2.75, 3.05) is 29.8 Å². The van der Waals surface area contributed by atoms with Crippen LogP contribution in [0, 0.1) is 5.82 Å². The average molecular weight is 598 g/mol. The van der Waals surface area contributed by atoms with Crippen LogP contribution in [-0.4, -0.2) is 62.7 Å². The normalized spacial score (nSPS) is 13.4. The Bertz CT molecular complexity index is 1500. The van der Waals surface area contributed by atoms with Crippen LogP contribution in [0.4, 0.5) is 10.1 Å². The topological polar surface area (TPSA) is 105 Å². The molecule has 1 unspecified atom stereocenters. The molecule has 11 heteroatoms. The summed E-state index contributed by atoms with van der Waals surface area (Å²) < 4.78 is 53.7. The zero-order valence-electron chi connectivity index (χ0n) is 24.0. The quantitative estimate of drug-likeness (QED) is 0.340. The number of rotatable bonds is 12. The molecule has 224 valence electrons. The fourth-order valence-electron chi connectivity index (χ4n) is 4.65. The number of amides is 2. The SMILES string of the molecule is CCS(=O)(=O)N(CC(=O)N(Cc1ccccc1F)C(Cc1ccccc1)C(=O)NC(C)C)c1ccc2c(c1)OCCO2. The van der Waals surface area contributed by atoms with Crippen LogP contribution in [-0.2, 0) is 32.6 Å². The second kappa shape index (κ2) is 13.7. The number of hydrogen-bond donors (Lipinski definition) is 1. The van der Waals surface area contributed by atoms with Crippen LogP contribution in [0.5, 0.6) is 11.5 Å². The summed E-state index contributed by atoms with van der Waals surface area (Å²) in [7, 11) is -3.96. The Labute approximate surface area is 246 Å². The van der Waals surface area contributed by atoms with E-state index in [9.17, 15) is 22.4 Å². The first kappa shape index (κ1) is 30.8. The van der Waals surface area contributed by atoms with E-state index < -0.39 is 40.2 Å². The van der Waals surface area contributed by atoms with Crippen LogP contribution in [0.1, 0.15) is 31.9 Å². The molecule has 3 aromatic rings. The number of carbonyl (C=O) groups is 2. The molecule has 42 heavy (non-hydrogen) atoms. The third kappa shape index (κ3) is 7.58. The Hall–Kier alpha value is -4.12. The van der Waals surface area contributed by atoms with Crippen LogP contribution in [0.15, 0.2) is 72.8 Å². The number of carbonyl (C=O) groups excluding carboxylic acids is 2. The summed E-state index contributed by atoms with van der Waals surface area (Å²) in [6.45, 7) is 4.92. The lowest BCUT2D eigenvalue weighted by molar-refractivity contribution is -0.140. The van der Waals surface area contributed by atoms with Gasteiger partial charge >= 0.3 is 0 Å². The largest absolute Gasteiger partial charge is 0.486 e. The molecule has 0 radical (unpaired) electrons. The van der Waals surface area contributed by atoms with Gasteiger partial charge in [-0.25, -0.2) is 12.8 Å². The minimum absolute atomic E-state index is 0.143. The number of sulfonamides is 1. The van der Waals surface area contributed by atoms with E-state index in [2.05, 4.69) is 5.32 Å². The highest BCUT2D eigenvalue weighted by atomic mass is 32.2. The van der Waals surface area contributed by atoms with Gasteiger partial charge in [-0.15, -0.1) is 0 Å². The van der Waals surface area contributed by atoms with Crippen molar-refractivity contribution < 1.29 is 31.9 Å². The second-order valence-corrected chi connectivity index (χ2v) is 12.4. The predicted octanol–water partition coefficient (Wildman–Crippen LogP) is 3.92. The number of nitrogens with zero attached hydrogens (tertiary/aromatic N) is 2. The first-order chi connectivity index (χ1) is 20.1. The van der Waals surface area contributed by atoms with Crippen molar-refractivity contribution >= 4 is 27.5 Å². The molecule has 1 heterocycles. The van der Waals surface area contributed by atoms with E-state index in [1.165, 1.54) is 36.1 Å². The Morgan fingerprint density at radius 2 is 1.62 bits per heavy atom. The van der Waals surface area contributed by atoms with Gasteiger partial charge in [-0.05, 0) is 44.5 Å². The highest BCUT2D eigenvalue weighted by molar-refractivity contribution is 7.92. The van der Waals surface area contributed by atoms with Crippen LogP contribution >= 0.6 is 0 Å². The second-order valence-electron chi connectivity index (χ2n) is 10.2. The highest BCUT2D eigenvalue weighted by Gasteiger charge is 2.34. The molecule has 2 amide bonds. The molecule has 0 spiro atoms. The molecule has 1 aliphatic heterocycles. The molecule has 0 saturated heterocycles. The third-order valence-corrected chi connectivity index (χ3v) is 8.53.